The number of sulfonamides is 1. The first kappa shape index (κ1) is 15.4. The first-order chi connectivity index (χ1) is 9.83. The van der Waals surface area contributed by atoms with Gasteiger partial charge in [0.2, 0.25) is 0 Å². The fourth-order valence-corrected chi connectivity index (χ4v) is 3.23. The highest BCUT2D eigenvalue weighted by atomic mass is 32.2. The van der Waals surface area contributed by atoms with Crippen LogP contribution in [-0.2, 0) is 16.6 Å². The summed E-state index contributed by atoms with van der Waals surface area (Å²) in [6.45, 7) is 1.57. The van der Waals surface area contributed by atoms with Crippen LogP contribution in [0.1, 0.15) is 11.1 Å². The normalized spacial score (nSPS) is 11.4. The molecule has 0 aliphatic carbocycles. The SMILES string of the molecule is Cc1ccc(F)cc1NS(=O)(=O)c1cc(F)ccc1CN. The number of nitrogens with two attached hydrogens (primary N) is 1. The van der Waals surface area contributed by atoms with Crippen LogP contribution < -0.4 is 10.5 Å². The van der Waals surface area contributed by atoms with Crippen LogP contribution in [0.5, 0.6) is 0 Å². The number of halogens is 2. The summed E-state index contributed by atoms with van der Waals surface area (Å²) < 4.78 is 53.5. The van der Waals surface area contributed by atoms with Gasteiger partial charge < -0.3 is 5.73 Å². The number of benzene rings is 2. The van der Waals surface area contributed by atoms with Crippen molar-refractivity contribution in [1.82, 2.24) is 0 Å². The Balaban J connectivity index is 2.48. The van der Waals surface area contributed by atoms with Gasteiger partial charge in [0, 0.05) is 6.54 Å². The molecule has 0 fully saturated rings. The topological polar surface area (TPSA) is 72.2 Å². The van der Waals surface area contributed by atoms with Crippen LogP contribution in [0.15, 0.2) is 41.3 Å². The number of anilines is 1. The molecule has 0 spiro atoms. The Hall–Kier alpha value is -1.99. The van der Waals surface area contributed by atoms with E-state index >= 15 is 0 Å². The molecule has 0 radical (unpaired) electrons. The zero-order valence-electron chi connectivity index (χ0n) is 11.2. The average Bonchev–Trinajstić information content (AvgIpc) is 2.42. The van der Waals surface area contributed by atoms with Crippen molar-refractivity contribution in [2.75, 3.05) is 4.72 Å². The average molecular weight is 312 g/mol. The predicted octanol–water partition coefficient (Wildman–Crippen LogP) is 2.53. The van der Waals surface area contributed by atoms with Crippen molar-refractivity contribution in [3.8, 4) is 0 Å². The zero-order chi connectivity index (χ0) is 15.6. The summed E-state index contributed by atoms with van der Waals surface area (Å²) in [5.41, 5.74) is 6.39. The highest BCUT2D eigenvalue weighted by Crippen LogP contribution is 2.23. The molecule has 2 aromatic rings. The van der Waals surface area contributed by atoms with Crippen molar-refractivity contribution in [2.45, 2.75) is 18.4 Å². The second-order valence-corrected chi connectivity index (χ2v) is 6.17. The molecule has 4 nitrogen and oxygen atoms in total. The second-order valence-electron chi connectivity index (χ2n) is 4.52. The second kappa shape index (κ2) is 5.79. The molecule has 0 bridgehead atoms. The van der Waals surface area contributed by atoms with Crippen molar-refractivity contribution in [3.63, 3.8) is 0 Å². The van der Waals surface area contributed by atoms with Gasteiger partial charge in [-0.3, -0.25) is 4.72 Å². The van der Waals surface area contributed by atoms with E-state index in [2.05, 4.69) is 4.72 Å². The highest BCUT2D eigenvalue weighted by Gasteiger charge is 2.20. The van der Waals surface area contributed by atoms with Crippen LogP contribution in [0.4, 0.5) is 14.5 Å². The fraction of sp³-hybridized carbons (Fsp3) is 0.143. The molecular formula is C14H14F2N2O2S. The van der Waals surface area contributed by atoms with E-state index in [0.29, 0.717) is 5.56 Å². The number of nitrogens with one attached hydrogen (secondary N) is 1. The summed E-state index contributed by atoms with van der Waals surface area (Å²) in [7, 11) is -4.05. The third-order valence-electron chi connectivity index (χ3n) is 2.98. The first-order valence-corrected chi connectivity index (χ1v) is 7.59. The number of hydrogen-bond acceptors (Lipinski definition) is 3. The van der Waals surface area contributed by atoms with E-state index in [-0.39, 0.29) is 22.7 Å². The van der Waals surface area contributed by atoms with Crippen molar-refractivity contribution in [2.24, 2.45) is 5.73 Å². The molecule has 0 saturated heterocycles. The van der Waals surface area contributed by atoms with Gasteiger partial charge in [0.1, 0.15) is 11.6 Å². The van der Waals surface area contributed by atoms with E-state index in [4.69, 9.17) is 5.73 Å². The van der Waals surface area contributed by atoms with Gasteiger partial charge in [-0.25, -0.2) is 17.2 Å². The van der Waals surface area contributed by atoms with Crippen LogP contribution in [0, 0.1) is 18.6 Å². The summed E-state index contributed by atoms with van der Waals surface area (Å²) >= 11 is 0. The third kappa shape index (κ3) is 3.37. The molecule has 0 saturated carbocycles. The Bertz CT molecular complexity index is 777. The van der Waals surface area contributed by atoms with E-state index in [1.165, 1.54) is 18.2 Å². The van der Waals surface area contributed by atoms with Crippen LogP contribution >= 0.6 is 0 Å². The van der Waals surface area contributed by atoms with Crippen molar-refractivity contribution in [1.29, 1.82) is 0 Å². The lowest BCUT2D eigenvalue weighted by Crippen LogP contribution is -2.17. The van der Waals surface area contributed by atoms with E-state index in [1.807, 2.05) is 0 Å². The van der Waals surface area contributed by atoms with Gasteiger partial charge in [-0.2, -0.15) is 0 Å². The molecule has 0 amide bonds. The van der Waals surface area contributed by atoms with Gasteiger partial charge in [-0.1, -0.05) is 12.1 Å². The molecule has 21 heavy (non-hydrogen) atoms. The zero-order valence-corrected chi connectivity index (χ0v) is 12.0. The third-order valence-corrected chi connectivity index (χ3v) is 4.43. The molecule has 112 valence electrons. The molecule has 0 atom stereocenters. The Morgan fingerprint density at radius 2 is 1.71 bits per heavy atom. The van der Waals surface area contributed by atoms with Gasteiger partial charge in [0.15, 0.2) is 0 Å². The van der Waals surface area contributed by atoms with Crippen LogP contribution in [0.2, 0.25) is 0 Å². The summed E-state index contributed by atoms with van der Waals surface area (Å²) in [6, 6.07) is 7.06. The molecule has 2 rings (SSSR count). The Morgan fingerprint density at radius 1 is 1.10 bits per heavy atom. The first-order valence-electron chi connectivity index (χ1n) is 6.11. The maximum absolute atomic E-state index is 13.3. The summed E-state index contributed by atoms with van der Waals surface area (Å²) in [4.78, 5) is -0.256. The molecule has 0 heterocycles. The maximum Gasteiger partial charge on any atom is 0.262 e. The molecule has 0 aromatic heterocycles. The Kier molecular flexibility index (Phi) is 4.24. The Labute approximate surface area is 121 Å². The summed E-state index contributed by atoms with van der Waals surface area (Å²) in [5, 5.41) is 0. The van der Waals surface area contributed by atoms with Crippen LogP contribution in [-0.4, -0.2) is 8.42 Å². The van der Waals surface area contributed by atoms with Gasteiger partial charge in [-0.05, 0) is 42.3 Å². The van der Waals surface area contributed by atoms with E-state index in [1.54, 1.807) is 6.92 Å². The van der Waals surface area contributed by atoms with Crippen molar-refractivity contribution >= 4 is 15.7 Å². The lowest BCUT2D eigenvalue weighted by Gasteiger charge is -2.13. The molecule has 0 aliphatic heterocycles. The van der Waals surface area contributed by atoms with Crippen LogP contribution in [0.25, 0.3) is 0 Å². The van der Waals surface area contributed by atoms with Crippen LogP contribution in [0.3, 0.4) is 0 Å². The molecule has 3 N–H and O–H groups in total. The predicted molar refractivity (Wildman–Crippen MR) is 76.2 cm³/mol. The smallest absolute Gasteiger partial charge is 0.262 e. The van der Waals surface area contributed by atoms with Gasteiger partial charge in [-0.15, -0.1) is 0 Å². The lowest BCUT2D eigenvalue weighted by atomic mass is 10.2. The molecule has 0 aliphatic rings. The maximum atomic E-state index is 13.3. The lowest BCUT2D eigenvalue weighted by molar-refractivity contribution is 0.593. The molecule has 7 heteroatoms. The fourth-order valence-electron chi connectivity index (χ4n) is 1.85. The minimum atomic E-state index is -4.05. The Morgan fingerprint density at radius 3 is 2.38 bits per heavy atom. The quantitative estimate of drug-likeness (QED) is 0.911. The van der Waals surface area contributed by atoms with E-state index < -0.39 is 21.7 Å². The summed E-state index contributed by atoms with van der Waals surface area (Å²) in [5.74, 6) is -1.26. The van der Waals surface area contributed by atoms with E-state index in [0.717, 1.165) is 18.2 Å². The number of hydrogen-bond donors (Lipinski definition) is 2. The standard InChI is InChI=1S/C14H14F2N2O2S/c1-9-2-4-11(15)6-13(9)18-21(19,20)14-7-12(16)5-3-10(14)8-17/h2-7,18H,8,17H2,1H3. The minimum Gasteiger partial charge on any atom is -0.326 e. The van der Waals surface area contributed by atoms with Gasteiger partial charge in [0.05, 0.1) is 10.6 Å². The highest BCUT2D eigenvalue weighted by molar-refractivity contribution is 7.92. The molecule has 2 aromatic carbocycles. The summed E-state index contributed by atoms with van der Waals surface area (Å²) in [6.07, 6.45) is 0. The van der Waals surface area contributed by atoms with Crippen molar-refractivity contribution in [3.05, 3.63) is 59.2 Å². The molecular weight excluding hydrogens is 298 g/mol. The van der Waals surface area contributed by atoms with Gasteiger partial charge >= 0.3 is 0 Å². The monoisotopic (exact) mass is 312 g/mol. The van der Waals surface area contributed by atoms with Gasteiger partial charge in [0.25, 0.3) is 10.0 Å². The largest absolute Gasteiger partial charge is 0.326 e. The minimum absolute atomic E-state index is 0.0569. The van der Waals surface area contributed by atoms with Crippen molar-refractivity contribution < 1.29 is 17.2 Å². The molecule has 0 unspecified atom stereocenters. The van der Waals surface area contributed by atoms with E-state index in [9.17, 15) is 17.2 Å². The number of aryl methyl sites for hydroxylation is 1. The number of rotatable bonds is 4.